The van der Waals surface area contributed by atoms with Crippen LogP contribution in [0.4, 0.5) is 5.69 Å². The van der Waals surface area contributed by atoms with Crippen LogP contribution in [0, 0.1) is 5.92 Å². The Balaban J connectivity index is 1.56. The second-order valence-corrected chi connectivity index (χ2v) is 6.39. The number of nitrogens with one attached hydrogen (secondary N) is 1. The van der Waals surface area contributed by atoms with Crippen molar-refractivity contribution >= 4 is 11.6 Å². The first kappa shape index (κ1) is 15.3. The van der Waals surface area contributed by atoms with Crippen LogP contribution >= 0.6 is 0 Å². The Morgan fingerprint density at radius 2 is 2.23 bits per heavy atom. The molecule has 2 heterocycles. The predicted molar refractivity (Wildman–Crippen MR) is 86.2 cm³/mol. The molecule has 1 saturated carbocycles. The number of morpholine rings is 1. The van der Waals surface area contributed by atoms with E-state index in [2.05, 4.69) is 22.1 Å². The van der Waals surface area contributed by atoms with Gasteiger partial charge in [0, 0.05) is 31.0 Å². The first-order valence-corrected chi connectivity index (χ1v) is 8.32. The van der Waals surface area contributed by atoms with E-state index in [1.54, 1.807) is 6.20 Å². The minimum atomic E-state index is -0.0709. The highest BCUT2D eigenvalue weighted by atomic mass is 16.5. The maximum absolute atomic E-state index is 12.3. The Kier molecular flexibility index (Phi) is 4.93. The molecule has 120 valence electrons. The van der Waals surface area contributed by atoms with Crippen LogP contribution in [0.25, 0.3) is 0 Å². The number of pyridine rings is 1. The number of carbonyl (C=O) groups excluding carboxylic acids is 1. The number of nitrogens with zero attached hydrogens (tertiary/aromatic N) is 2. The molecule has 2 fully saturated rings. The molecule has 0 unspecified atom stereocenters. The van der Waals surface area contributed by atoms with Crippen molar-refractivity contribution in [3.05, 3.63) is 24.0 Å². The number of hydrogen-bond acceptors (Lipinski definition) is 4. The van der Waals surface area contributed by atoms with Crippen molar-refractivity contribution in [1.82, 2.24) is 10.3 Å². The van der Waals surface area contributed by atoms with E-state index in [0.29, 0.717) is 5.69 Å². The normalized spacial score (nSPS) is 19.8. The topological polar surface area (TPSA) is 54.5 Å². The quantitative estimate of drug-likeness (QED) is 0.875. The van der Waals surface area contributed by atoms with Crippen LogP contribution < -0.4 is 10.2 Å². The zero-order valence-corrected chi connectivity index (χ0v) is 13.3. The van der Waals surface area contributed by atoms with Gasteiger partial charge in [-0.2, -0.15) is 0 Å². The molecule has 1 N–H and O–H groups in total. The lowest BCUT2D eigenvalue weighted by Gasteiger charge is -2.28. The maximum atomic E-state index is 12.3. The van der Waals surface area contributed by atoms with Crippen molar-refractivity contribution < 1.29 is 9.53 Å². The SMILES string of the molecule is C[C@@H](CCC1CC1)NC(=O)c1cc(N2CCOCC2)ccn1. The first-order valence-electron chi connectivity index (χ1n) is 8.32. The van der Waals surface area contributed by atoms with Crippen LogP contribution in [-0.4, -0.2) is 43.2 Å². The number of hydrogen-bond donors (Lipinski definition) is 1. The molecule has 5 nitrogen and oxygen atoms in total. The fourth-order valence-electron chi connectivity index (χ4n) is 2.82. The van der Waals surface area contributed by atoms with E-state index in [1.807, 2.05) is 12.1 Å². The van der Waals surface area contributed by atoms with Crippen LogP contribution in [0.5, 0.6) is 0 Å². The van der Waals surface area contributed by atoms with E-state index >= 15 is 0 Å². The Labute approximate surface area is 132 Å². The van der Waals surface area contributed by atoms with Crippen molar-refractivity contribution in [2.24, 2.45) is 5.92 Å². The summed E-state index contributed by atoms with van der Waals surface area (Å²) in [4.78, 5) is 18.8. The summed E-state index contributed by atoms with van der Waals surface area (Å²) < 4.78 is 5.37. The number of anilines is 1. The number of ether oxygens (including phenoxy) is 1. The number of carbonyl (C=O) groups is 1. The maximum Gasteiger partial charge on any atom is 0.270 e. The lowest BCUT2D eigenvalue weighted by Crippen LogP contribution is -2.37. The molecule has 0 bridgehead atoms. The summed E-state index contributed by atoms with van der Waals surface area (Å²) in [6.45, 7) is 5.28. The van der Waals surface area contributed by atoms with E-state index in [9.17, 15) is 4.79 Å². The Morgan fingerprint density at radius 3 is 2.95 bits per heavy atom. The van der Waals surface area contributed by atoms with E-state index in [-0.39, 0.29) is 11.9 Å². The van der Waals surface area contributed by atoms with Crippen molar-refractivity contribution in [1.29, 1.82) is 0 Å². The van der Waals surface area contributed by atoms with Gasteiger partial charge in [-0.05, 0) is 37.8 Å². The first-order chi connectivity index (χ1) is 10.7. The van der Waals surface area contributed by atoms with E-state index in [1.165, 1.54) is 19.3 Å². The summed E-state index contributed by atoms with van der Waals surface area (Å²) >= 11 is 0. The summed E-state index contributed by atoms with van der Waals surface area (Å²) in [6.07, 6.45) is 6.73. The van der Waals surface area contributed by atoms with Gasteiger partial charge >= 0.3 is 0 Å². The van der Waals surface area contributed by atoms with Crippen molar-refractivity contribution in [2.45, 2.75) is 38.6 Å². The van der Waals surface area contributed by atoms with Crippen molar-refractivity contribution in [3.8, 4) is 0 Å². The van der Waals surface area contributed by atoms with Gasteiger partial charge in [0.15, 0.2) is 0 Å². The molecule has 1 amide bonds. The fourth-order valence-corrected chi connectivity index (χ4v) is 2.82. The van der Waals surface area contributed by atoms with Crippen LogP contribution in [0.3, 0.4) is 0 Å². The van der Waals surface area contributed by atoms with Gasteiger partial charge in [-0.15, -0.1) is 0 Å². The standard InChI is InChI=1S/C17H25N3O2/c1-13(2-3-14-4-5-14)19-17(21)16-12-15(6-7-18-16)20-8-10-22-11-9-20/h6-7,12-14H,2-5,8-11H2,1H3,(H,19,21)/t13-/m0/s1. The zero-order valence-electron chi connectivity index (χ0n) is 13.3. The number of amides is 1. The number of rotatable bonds is 6. The summed E-state index contributed by atoms with van der Waals surface area (Å²) in [6, 6.07) is 4.05. The molecule has 1 aromatic heterocycles. The van der Waals surface area contributed by atoms with Gasteiger partial charge in [0.2, 0.25) is 0 Å². The van der Waals surface area contributed by atoms with Crippen LogP contribution in [-0.2, 0) is 4.74 Å². The highest BCUT2D eigenvalue weighted by molar-refractivity contribution is 5.93. The smallest absolute Gasteiger partial charge is 0.270 e. The van der Waals surface area contributed by atoms with Gasteiger partial charge < -0.3 is 15.0 Å². The van der Waals surface area contributed by atoms with E-state index < -0.39 is 0 Å². The minimum absolute atomic E-state index is 0.0709. The predicted octanol–water partition coefficient (Wildman–Crippen LogP) is 2.23. The summed E-state index contributed by atoms with van der Waals surface area (Å²) in [5, 5.41) is 3.06. The monoisotopic (exact) mass is 303 g/mol. The van der Waals surface area contributed by atoms with Crippen LogP contribution in [0.15, 0.2) is 18.3 Å². The fraction of sp³-hybridized carbons (Fsp3) is 0.647. The largest absolute Gasteiger partial charge is 0.378 e. The third-order valence-corrected chi connectivity index (χ3v) is 4.43. The Bertz CT molecular complexity index is 510. The van der Waals surface area contributed by atoms with Crippen molar-refractivity contribution in [2.75, 3.05) is 31.2 Å². The zero-order chi connectivity index (χ0) is 15.4. The molecule has 2 aliphatic rings. The molecular formula is C17H25N3O2. The van der Waals surface area contributed by atoms with E-state index in [0.717, 1.165) is 44.3 Å². The summed E-state index contributed by atoms with van der Waals surface area (Å²) in [5.74, 6) is 0.834. The molecule has 1 aromatic rings. The molecule has 0 radical (unpaired) electrons. The molecule has 1 aliphatic heterocycles. The van der Waals surface area contributed by atoms with Crippen LogP contribution in [0.2, 0.25) is 0 Å². The second kappa shape index (κ2) is 7.09. The lowest BCUT2D eigenvalue weighted by molar-refractivity contribution is 0.0932. The Morgan fingerprint density at radius 1 is 1.45 bits per heavy atom. The molecular weight excluding hydrogens is 278 g/mol. The van der Waals surface area contributed by atoms with Gasteiger partial charge in [-0.1, -0.05) is 12.8 Å². The molecule has 1 aliphatic carbocycles. The second-order valence-electron chi connectivity index (χ2n) is 6.39. The molecule has 22 heavy (non-hydrogen) atoms. The molecule has 3 rings (SSSR count). The van der Waals surface area contributed by atoms with Crippen molar-refractivity contribution in [3.63, 3.8) is 0 Å². The summed E-state index contributed by atoms with van der Waals surface area (Å²) in [5.41, 5.74) is 1.55. The molecule has 0 aromatic carbocycles. The number of aromatic nitrogens is 1. The Hall–Kier alpha value is -1.62. The third kappa shape index (κ3) is 4.19. The average molecular weight is 303 g/mol. The third-order valence-electron chi connectivity index (χ3n) is 4.43. The van der Waals surface area contributed by atoms with Gasteiger partial charge in [-0.25, -0.2) is 0 Å². The van der Waals surface area contributed by atoms with Crippen LogP contribution in [0.1, 0.15) is 43.1 Å². The van der Waals surface area contributed by atoms with Gasteiger partial charge in [0.25, 0.3) is 5.91 Å². The molecule has 1 atom stereocenters. The molecule has 5 heteroatoms. The van der Waals surface area contributed by atoms with Gasteiger partial charge in [0.05, 0.1) is 13.2 Å². The molecule has 0 spiro atoms. The van der Waals surface area contributed by atoms with E-state index in [4.69, 9.17) is 4.74 Å². The highest BCUT2D eigenvalue weighted by Crippen LogP contribution is 2.33. The van der Waals surface area contributed by atoms with Gasteiger partial charge in [-0.3, -0.25) is 9.78 Å². The lowest BCUT2D eigenvalue weighted by atomic mass is 10.1. The summed E-state index contributed by atoms with van der Waals surface area (Å²) in [7, 11) is 0. The van der Waals surface area contributed by atoms with Gasteiger partial charge in [0.1, 0.15) is 5.69 Å². The average Bonchev–Trinajstić information content (AvgIpc) is 3.38. The minimum Gasteiger partial charge on any atom is -0.378 e. The molecule has 1 saturated heterocycles. The highest BCUT2D eigenvalue weighted by Gasteiger charge is 2.22.